The molecule has 1 atom stereocenters. The van der Waals surface area contributed by atoms with E-state index in [0.29, 0.717) is 11.6 Å². The Balaban J connectivity index is 1.42. The highest BCUT2D eigenvalue weighted by Gasteiger charge is 2.55. The lowest BCUT2D eigenvalue weighted by atomic mass is 9.92. The molecule has 2 heterocycles. The fourth-order valence-electron chi connectivity index (χ4n) is 3.89. The molecule has 1 aromatic heterocycles. The molecule has 1 saturated heterocycles. The summed E-state index contributed by atoms with van der Waals surface area (Å²) in [5, 5.41) is 7.24. The molecule has 0 bridgehead atoms. The van der Waals surface area contributed by atoms with Gasteiger partial charge in [0, 0.05) is 44.0 Å². The average molecular weight is 338 g/mol. The zero-order valence-corrected chi connectivity index (χ0v) is 14.3. The number of hydrogen-bond acceptors (Lipinski definition) is 3. The third kappa shape index (κ3) is 3.04. The van der Waals surface area contributed by atoms with Crippen LogP contribution in [-0.4, -0.2) is 45.6 Å². The van der Waals surface area contributed by atoms with Gasteiger partial charge < -0.3 is 10.2 Å². The molecule has 2 fully saturated rings. The van der Waals surface area contributed by atoms with Crippen molar-refractivity contribution >= 4 is 11.8 Å². The van der Waals surface area contributed by atoms with Crippen molar-refractivity contribution < 1.29 is 9.59 Å². The zero-order chi connectivity index (χ0) is 17.4. The molecular weight excluding hydrogens is 316 g/mol. The third-order valence-corrected chi connectivity index (χ3v) is 5.48. The third-order valence-electron chi connectivity index (χ3n) is 5.48. The van der Waals surface area contributed by atoms with E-state index in [4.69, 9.17) is 0 Å². The summed E-state index contributed by atoms with van der Waals surface area (Å²) in [6, 6.07) is 9.74. The Morgan fingerprint density at radius 3 is 2.72 bits per heavy atom. The van der Waals surface area contributed by atoms with Crippen LogP contribution < -0.4 is 5.32 Å². The number of amides is 2. The van der Waals surface area contributed by atoms with Crippen molar-refractivity contribution in [3.05, 3.63) is 48.3 Å². The molecule has 25 heavy (non-hydrogen) atoms. The number of hydrogen-bond donors (Lipinski definition) is 1. The molecule has 4 rings (SSSR count). The summed E-state index contributed by atoms with van der Waals surface area (Å²) in [5.41, 5.74) is 1.80. The molecular formula is C19H22N4O2. The number of aromatic nitrogens is 2. The molecule has 1 spiro atoms. The number of benzene rings is 1. The Labute approximate surface area is 146 Å². The van der Waals surface area contributed by atoms with Gasteiger partial charge in [-0.05, 0) is 48.9 Å². The van der Waals surface area contributed by atoms with Gasteiger partial charge in [-0.1, -0.05) is 6.07 Å². The maximum Gasteiger partial charge on any atom is 0.253 e. The molecule has 1 N–H and O–H groups in total. The van der Waals surface area contributed by atoms with Crippen molar-refractivity contribution in [1.82, 2.24) is 20.0 Å². The molecule has 1 aliphatic carbocycles. The van der Waals surface area contributed by atoms with E-state index in [1.807, 2.05) is 41.4 Å². The normalized spacial score (nSPS) is 21.2. The molecule has 130 valence electrons. The van der Waals surface area contributed by atoms with E-state index < -0.39 is 0 Å². The highest BCUT2D eigenvalue weighted by molar-refractivity contribution is 5.94. The Hall–Kier alpha value is -2.63. The van der Waals surface area contributed by atoms with Gasteiger partial charge in [0.2, 0.25) is 5.91 Å². The van der Waals surface area contributed by atoms with E-state index in [1.54, 1.807) is 17.8 Å². The number of carbonyl (C=O) groups is 2. The molecule has 2 aromatic rings. The quantitative estimate of drug-likeness (QED) is 0.931. The van der Waals surface area contributed by atoms with Gasteiger partial charge in [-0.3, -0.25) is 9.59 Å². The molecule has 0 radical (unpaired) electrons. The van der Waals surface area contributed by atoms with Crippen LogP contribution in [0.1, 0.15) is 36.5 Å². The lowest BCUT2D eigenvalue weighted by Crippen LogP contribution is -2.41. The monoisotopic (exact) mass is 338 g/mol. The first kappa shape index (κ1) is 15.9. The van der Waals surface area contributed by atoms with Crippen LogP contribution >= 0.6 is 0 Å². The molecule has 6 heteroatoms. The molecule has 1 saturated carbocycles. The topological polar surface area (TPSA) is 67.2 Å². The van der Waals surface area contributed by atoms with Gasteiger partial charge in [0.1, 0.15) is 0 Å². The van der Waals surface area contributed by atoms with Crippen molar-refractivity contribution in [3.8, 4) is 5.69 Å². The van der Waals surface area contributed by atoms with Crippen LogP contribution in [0.4, 0.5) is 0 Å². The fraction of sp³-hybridized carbons (Fsp3) is 0.421. The number of nitrogens with zero attached hydrogens (tertiary/aromatic N) is 3. The standard InChI is InChI=1S/C19H22N4O2/c1-14(24)21-17-13-19(17)6-10-22(11-7-19)18(25)15-4-2-5-16(12-15)23-9-3-8-20-23/h2-5,8-9,12,17H,6-7,10-11,13H2,1H3,(H,21,24). The van der Waals surface area contributed by atoms with Crippen molar-refractivity contribution in [2.45, 2.75) is 32.2 Å². The van der Waals surface area contributed by atoms with Gasteiger partial charge in [0.05, 0.1) is 5.69 Å². The summed E-state index contributed by atoms with van der Waals surface area (Å²) in [6.07, 6.45) is 6.55. The number of piperidine rings is 1. The van der Waals surface area contributed by atoms with Crippen LogP contribution in [0.2, 0.25) is 0 Å². The molecule has 2 amide bonds. The Bertz CT molecular complexity index is 792. The van der Waals surface area contributed by atoms with E-state index in [0.717, 1.165) is 38.0 Å². The summed E-state index contributed by atoms with van der Waals surface area (Å²) in [6.45, 7) is 3.07. The number of rotatable bonds is 3. The second-order valence-corrected chi connectivity index (χ2v) is 7.11. The number of carbonyl (C=O) groups excluding carboxylic acids is 2. The molecule has 6 nitrogen and oxygen atoms in total. The van der Waals surface area contributed by atoms with Crippen molar-refractivity contribution in [1.29, 1.82) is 0 Å². The minimum Gasteiger partial charge on any atom is -0.353 e. The highest BCUT2D eigenvalue weighted by atomic mass is 16.2. The number of likely N-dealkylation sites (tertiary alicyclic amines) is 1. The average Bonchev–Trinajstić information content (AvgIpc) is 3.02. The summed E-state index contributed by atoms with van der Waals surface area (Å²) >= 11 is 0. The minimum absolute atomic E-state index is 0.0378. The van der Waals surface area contributed by atoms with Gasteiger partial charge in [-0.2, -0.15) is 5.10 Å². The van der Waals surface area contributed by atoms with Gasteiger partial charge in [-0.15, -0.1) is 0 Å². The second kappa shape index (κ2) is 6.02. The molecule has 1 aromatic carbocycles. The summed E-state index contributed by atoms with van der Waals surface area (Å²) in [4.78, 5) is 26.0. The van der Waals surface area contributed by atoms with Crippen LogP contribution in [0.5, 0.6) is 0 Å². The van der Waals surface area contributed by atoms with E-state index in [9.17, 15) is 9.59 Å². The first-order chi connectivity index (χ1) is 12.1. The highest BCUT2D eigenvalue weighted by Crippen LogP contribution is 2.53. The fourth-order valence-corrected chi connectivity index (χ4v) is 3.89. The van der Waals surface area contributed by atoms with Crippen LogP contribution in [0, 0.1) is 5.41 Å². The van der Waals surface area contributed by atoms with Gasteiger partial charge in [0.15, 0.2) is 0 Å². The minimum atomic E-state index is 0.0378. The van der Waals surface area contributed by atoms with Crippen LogP contribution in [0.15, 0.2) is 42.7 Å². The molecule has 1 unspecified atom stereocenters. The predicted molar refractivity (Wildman–Crippen MR) is 93.4 cm³/mol. The largest absolute Gasteiger partial charge is 0.353 e. The van der Waals surface area contributed by atoms with Gasteiger partial charge in [-0.25, -0.2) is 4.68 Å². The Morgan fingerprint density at radius 2 is 2.04 bits per heavy atom. The molecule has 1 aliphatic heterocycles. The van der Waals surface area contributed by atoms with Gasteiger partial charge >= 0.3 is 0 Å². The Morgan fingerprint density at radius 1 is 1.24 bits per heavy atom. The van der Waals surface area contributed by atoms with Crippen LogP contribution in [-0.2, 0) is 4.79 Å². The number of nitrogens with one attached hydrogen (secondary N) is 1. The van der Waals surface area contributed by atoms with Crippen molar-refractivity contribution in [2.24, 2.45) is 5.41 Å². The van der Waals surface area contributed by atoms with E-state index in [-0.39, 0.29) is 17.2 Å². The van der Waals surface area contributed by atoms with Crippen LogP contribution in [0.3, 0.4) is 0 Å². The lowest BCUT2D eigenvalue weighted by Gasteiger charge is -2.33. The predicted octanol–water partition coefficient (Wildman–Crippen LogP) is 2.00. The van der Waals surface area contributed by atoms with Crippen molar-refractivity contribution in [3.63, 3.8) is 0 Å². The lowest BCUT2D eigenvalue weighted by molar-refractivity contribution is -0.119. The van der Waals surface area contributed by atoms with E-state index in [1.165, 1.54) is 0 Å². The first-order valence-corrected chi connectivity index (χ1v) is 8.74. The maximum absolute atomic E-state index is 12.8. The van der Waals surface area contributed by atoms with E-state index in [2.05, 4.69) is 10.4 Å². The van der Waals surface area contributed by atoms with Gasteiger partial charge in [0.25, 0.3) is 5.91 Å². The Kier molecular flexibility index (Phi) is 3.82. The zero-order valence-electron chi connectivity index (χ0n) is 14.3. The maximum atomic E-state index is 12.8. The molecule has 2 aliphatic rings. The summed E-state index contributed by atoms with van der Waals surface area (Å²) in [5.74, 6) is 0.108. The second-order valence-electron chi connectivity index (χ2n) is 7.11. The van der Waals surface area contributed by atoms with E-state index >= 15 is 0 Å². The van der Waals surface area contributed by atoms with Crippen molar-refractivity contribution in [2.75, 3.05) is 13.1 Å². The smallest absolute Gasteiger partial charge is 0.253 e. The summed E-state index contributed by atoms with van der Waals surface area (Å²) in [7, 11) is 0. The SMILES string of the molecule is CC(=O)NC1CC12CCN(C(=O)c1cccc(-n3cccn3)c1)CC2. The first-order valence-electron chi connectivity index (χ1n) is 8.74. The summed E-state index contributed by atoms with van der Waals surface area (Å²) < 4.78 is 1.75. The van der Waals surface area contributed by atoms with Crippen LogP contribution in [0.25, 0.3) is 5.69 Å².